The van der Waals surface area contributed by atoms with E-state index in [0.29, 0.717) is 6.04 Å². The number of halogens is 2. The summed E-state index contributed by atoms with van der Waals surface area (Å²) in [6.07, 6.45) is 3.16. The van der Waals surface area contributed by atoms with Gasteiger partial charge >= 0.3 is 0 Å². The minimum atomic E-state index is -0.170. The van der Waals surface area contributed by atoms with E-state index in [-0.39, 0.29) is 5.82 Å². The molecule has 90 valence electrons. The zero-order valence-electron chi connectivity index (χ0n) is 9.89. The largest absolute Gasteiger partial charge is 0.314 e. The standard InChI is InChI=1S/C13H19BrFN/c1-3-5-13(16-4-2)8-10-6-11(14)9-12(15)7-10/h6-7,9,13,16H,3-5,8H2,1-2H3. The van der Waals surface area contributed by atoms with Crippen LogP contribution >= 0.6 is 15.9 Å². The third-order valence-electron chi connectivity index (χ3n) is 2.53. The van der Waals surface area contributed by atoms with Crippen LogP contribution in [-0.2, 0) is 6.42 Å². The van der Waals surface area contributed by atoms with Gasteiger partial charge < -0.3 is 5.32 Å². The molecule has 1 unspecified atom stereocenters. The summed E-state index contributed by atoms with van der Waals surface area (Å²) in [5.41, 5.74) is 1.05. The highest BCUT2D eigenvalue weighted by Gasteiger charge is 2.08. The van der Waals surface area contributed by atoms with E-state index in [9.17, 15) is 4.39 Å². The van der Waals surface area contributed by atoms with E-state index >= 15 is 0 Å². The average Bonchev–Trinajstić information content (AvgIpc) is 2.16. The molecule has 3 heteroatoms. The molecule has 0 amide bonds. The Morgan fingerprint density at radius 3 is 2.62 bits per heavy atom. The molecule has 0 aliphatic heterocycles. The van der Waals surface area contributed by atoms with Crippen molar-refractivity contribution >= 4 is 15.9 Å². The van der Waals surface area contributed by atoms with Crippen LogP contribution in [0.1, 0.15) is 32.3 Å². The number of hydrogen-bond donors (Lipinski definition) is 1. The van der Waals surface area contributed by atoms with Crippen LogP contribution in [0.3, 0.4) is 0 Å². The van der Waals surface area contributed by atoms with Crippen molar-refractivity contribution in [2.75, 3.05) is 6.54 Å². The predicted molar refractivity (Wildman–Crippen MR) is 70.2 cm³/mol. The highest BCUT2D eigenvalue weighted by Crippen LogP contribution is 2.17. The normalized spacial score (nSPS) is 12.8. The SMILES string of the molecule is CCCC(Cc1cc(F)cc(Br)c1)NCC. The minimum absolute atomic E-state index is 0.170. The Balaban J connectivity index is 2.68. The molecule has 1 N–H and O–H groups in total. The van der Waals surface area contributed by atoms with E-state index in [1.54, 1.807) is 6.07 Å². The van der Waals surface area contributed by atoms with Crippen LogP contribution in [0, 0.1) is 5.82 Å². The Kier molecular flexibility index (Phi) is 5.99. The van der Waals surface area contributed by atoms with Gasteiger partial charge in [0.1, 0.15) is 5.82 Å². The molecular weight excluding hydrogens is 269 g/mol. The van der Waals surface area contributed by atoms with Crippen LogP contribution in [0.5, 0.6) is 0 Å². The molecule has 0 fully saturated rings. The van der Waals surface area contributed by atoms with Crippen LogP contribution in [0.15, 0.2) is 22.7 Å². The second kappa shape index (κ2) is 7.02. The summed E-state index contributed by atoms with van der Waals surface area (Å²) in [4.78, 5) is 0. The van der Waals surface area contributed by atoms with Gasteiger partial charge in [0.2, 0.25) is 0 Å². The third kappa shape index (κ3) is 4.62. The Morgan fingerprint density at radius 2 is 2.06 bits per heavy atom. The Morgan fingerprint density at radius 1 is 1.31 bits per heavy atom. The third-order valence-corrected chi connectivity index (χ3v) is 2.99. The van der Waals surface area contributed by atoms with E-state index in [1.807, 2.05) is 6.07 Å². The minimum Gasteiger partial charge on any atom is -0.314 e. The lowest BCUT2D eigenvalue weighted by atomic mass is 10.0. The van der Waals surface area contributed by atoms with Gasteiger partial charge in [-0.05, 0) is 43.1 Å². The van der Waals surface area contributed by atoms with Crippen molar-refractivity contribution in [3.8, 4) is 0 Å². The van der Waals surface area contributed by atoms with Crippen LogP contribution in [0.25, 0.3) is 0 Å². The second-order valence-electron chi connectivity index (χ2n) is 4.03. The first-order chi connectivity index (χ1) is 7.65. The van der Waals surface area contributed by atoms with Crippen molar-refractivity contribution in [3.63, 3.8) is 0 Å². The maximum Gasteiger partial charge on any atom is 0.124 e. The zero-order chi connectivity index (χ0) is 12.0. The number of benzene rings is 1. The molecular formula is C13H19BrFN. The molecule has 1 aromatic rings. The maximum absolute atomic E-state index is 13.2. The lowest BCUT2D eigenvalue weighted by Crippen LogP contribution is -2.30. The fraction of sp³-hybridized carbons (Fsp3) is 0.538. The highest BCUT2D eigenvalue weighted by atomic mass is 79.9. The Bertz CT molecular complexity index is 301. The van der Waals surface area contributed by atoms with Crippen molar-refractivity contribution in [1.82, 2.24) is 5.32 Å². The van der Waals surface area contributed by atoms with E-state index in [0.717, 1.165) is 35.8 Å². The molecule has 0 aliphatic carbocycles. The molecule has 1 nitrogen and oxygen atoms in total. The van der Waals surface area contributed by atoms with Crippen molar-refractivity contribution in [1.29, 1.82) is 0 Å². The van der Waals surface area contributed by atoms with Gasteiger partial charge in [-0.2, -0.15) is 0 Å². The average molecular weight is 288 g/mol. The topological polar surface area (TPSA) is 12.0 Å². The smallest absolute Gasteiger partial charge is 0.124 e. The van der Waals surface area contributed by atoms with Gasteiger partial charge in [0.15, 0.2) is 0 Å². The number of likely N-dealkylation sites (N-methyl/N-ethyl adjacent to an activating group) is 1. The lowest BCUT2D eigenvalue weighted by Gasteiger charge is -2.17. The van der Waals surface area contributed by atoms with Crippen LogP contribution in [0.2, 0.25) is 0 Å². The Labute approximate surface area is 106 Å². The van der Waals surface area contributed by atoms with Crippen LogP contribution < -0.4 is 5.32 Å². The Hall–Kier alpha value is -0.410. The van der Waals surface area contributed by atoms with Crippen LogP contribution in [-0.4, -0.2) is 12.6 Å². The predicted octanol–water partition coefficient (Wildman–Crippen LogP) is 3.91. The van der Waals surface area contributed by atoms with E-state index in [2.05, 4.69) is 35.1 Å². The van der Waals surface area contributed by atoms with Gasteiger partial charge in [-0.3, -0.25) is 0 Å². The van der Waals surface area contributed by atoms with Crippen molar-refractivity contribution in [2.45, 2.75) is 39.2 Å². The summed E-state index contributed by atoms with van der Waals surface area (Å²) in [6.45, 7) is 5.23. The summed E-state index contributed by atoms with van der Waals surface area (Å²) in [5, 5.41) is 3.43. The monoisotopic (exact) mass is 287 g/mol. The first-order valence-electron chi connectivity index (χ1n) is 5.84. The lowest BCUT2D eigenvalue weighted by molar-refractivity contribution is 0.484. The van der Waals surface area contributed by atoms with E-state index in [4.69, 9.17) is 0 Å². The summed E-state index contributed by atoms with van der Waals surface area (Å²) in [5.74, 6) is -0.170. The first-order valence-corrected chi connectivity index (χ1v) is 6.63. The molecule has 0 aliphatic rings. The molecule has 1 aromatic carbocycles. The van der Waals surface area contributed by atoms with Crippen LogP contribution in [0.4, 0.5) is 4.39 Å². The van der Waals surface area contributed by atoms with Crippen molar-refractivity contribution < 1.29 is 4.39 Å². The molecule has 1 atom stereocenters. The molecule has 0 spiro atoms. The maximum atomic E-state index is 13.2. The zero-order valence-corrected chi connectivity index (χ0v) is 11.5. The molecule has 0 saturated carbocycles. The summed E-state index contributed by atoms with van der Waals surface area (Å²) in [6, 6.07) is 5.54. The van der Waals surface area contributed by atoms with Crippen molar-refractivity contribution in [2.24, 2.45) is 0 Å². The first kappa shape index (κ1) is 13.7. The number of nitrogens with one attached hydrogen (secondary N) is 1. The van der Waals surface area contributed by atoms with Gasteiger partial charge in [0.05, 0.1) is 0 Å². The van der Waals surface area contributed by atoms with Gasteiger partial charge in [-0.15, -0.1) is 0 Å². The van der Waals surface area contributed by atoms with Gasteiger partial charge in [0, 0.05) is 10.5 Å². The van der Waals surface area contributed by atoms with E-state index in [1.165, 1.54) is 6.07 Å². The summed E-state index contributed by atoms with van der Waals surface area (Å²) >= 11 is 3.32. The molecule has 16 heavy (non-hydrogen) atoms. The van der Waals surface area contributed by atoms with E-state index < -0.39 is 0 Å². The molecule has 0 bridgehead atoms. The van der Waals surface area contributed by atoms with Gasteiger partial charge in [-0.1, -0.05) is 36.2 Å². The molecule has 0 heterocycles. The number of hydrogen-bond acceptors (Lipinski definition) is 1. The number of rotatable bonds is 6. The molecule has 0 radical (unpaired) electrons. The fourth-order valence-corrected chi connectivity index (χ4v) is 2.44. The molecule has 1 rings (SSSR count). The molecule has 0 aromatic heterocycles. The second-order valence-corrected chi connectivity index (χ2v) is 4.94. The summed E-state index contributed by atoms with van der Waals surface area (Å²) in [7, 11) is 0. The summed E-state index contributed by atoms with van der Waals surface area (Å²) < 4.78 is 14.0. The molecule has 0 saturated heterocycles. The highest BCUT2D eigenvalue weighted by molar-refractivity contribution is 9.10. The van der Waals surface area contributed by atoms with Gasteiger partial charge in [0.25, 0.3) is 0 Å². The van der Waals surface area contributed by atoms with Crippen molar-refractivity contribution in [3.05, 3.63) is 34.1 Å². The fourth-order valence-electron chi connectivity index (χ4n) is 1.93. The quantitative estimate of drug-likeness (QED) is 0.837. The van der Waals surface area contributed by atoms with Gasteiger partial charge in [-0.25, -0.2) is 4.39 Å².